The van der Waals surface area contributed by atoms with E-state index >= 15 is 0 Å². The molecule has 1 fully saturated rings. The molecule has 124 valence electrons. The van der Waals surface area contributed by atoms with E-state index < -0.39 is 5.69 Å². The number of likely N-dealkylation sites (tertiary alicyclic amines) is 1. The summed E-state index contributed by atoms with van der Waals surface area (Å²) in [7, 11) is 0. The maximum absolute atomic E-state index is 12.5. The van der Waals surface area contributed by atoms with Crippen molar-refractivity contribution in [3.8, 4) is 0 Å². The van der Waals surface area contributed by atoms with Gasteiger partial charge in [0.05, 0.1) is 18.5 Å². The predicted octanol–water partition coefficient (Wildman–Crippen LogP) is 4.20. The molecule has 0 spiro atoms. The lowest BCUT2D eigenvalue weighted by molar-refractivity contribution is -0.131. The number of piperidine rings is 1. The van der Waals surface area contributed by atoms with Gasteiger partial charge in [0.2, 0.25) is 11.6 Å². The van der Waals surface area contributed by atoms with Crippen molar-refractivity contribution in [3.63, 3.8) is 0 Å². The summed E-state index contributed by atoms with van der Waals surface area (Å²) in [6.45, 7) is 8.96. The average Bonchev–Trinajstić information content (AvgIpc) is 2.51. The number of hydrogen-bond acceptors (Lipinski definition) is 5. The number of carbonyl (C=O) groups is 1. The molecule has 1 unspecified atom stereocenters. The minimum atomic E-state index is -2.41. The maximum Gasteiger partial charge on any atom is 0.248 e. The van der Waals surface area contributed by atoms with Crippen LogP contribution in [0.15, 0.2) is 0 Å². The zero-order valence-corrected chi connectivity index (χ0v) is 15.9. The second kappa shape index (κ2) is 10.2. The van der Waals surface area contributed by atoms with Crippen molar-refractivity contribution >= 4 is 34.8 Å². The highest BCUT2D eigenvalue weighted by Crippen LogP contribution is 2.63. The van der Waals surface area contributed by atoms with E-state index in [1.165, 1.54) is 17.8 Å². The van der Waals surface area contributed by atoms with Crippen LogP contribution in [0.2, 0.25) is 0 Å². The summed E-state index contributed by atoms with van der Waals surface area (Å²) in [5.41, 5.74) is -2.41. The first-order valence-electron chi connectivity index (χ1n) is 7.88. The Bertz CT molecular complexity index is 350. The Morgan fingerprint density at radius 3 is 2.19 bits per heavy atom. The second-order valence-corrected chi connectivity index (χ2v) is 11.8. The standard InChI is InChI=1S/C14H28NO3PS2/c1-4-11-17-19(20,18-12-5-2)21-13(3)14(16)15-9-7-6-8-10-15/h13H,4-12H2,1-3H3. The van der Waals surface area contributed by atoms with E-state index in [9.17, 15) is 4.79 Å². The Morgan fingerprint density at radius 2 is 1.71 bits per heavy atom. The molecule has 0 aromatic rings. The van der Waals surface area contributed by atoms with Gasteiger partial charge in [0.25, 0.3) is 0 Å². The fourth-order valence-electron chi connectivity index (χ4n) is 2.11. The molecule has 0 aliphatic carbocycles. The van der Waals surface area contributed by atoms with E-state index in [1.807, 2.05) is 25.7 Å². The summed E-state index contributed by atoms with van der Waals surface area (Å²) >= 11 is 7.01. The lowest BCUT2D eigenvalue weighted by Crippen LogP contribution is -2.40. The summed E-state index contributed by atoms with van der Waals surface area (Å²) in [4.78, 5) is 14.4. The molecule has 4 nitrogen and oxygen atoms in total. The third-order valence-corrected chi connectivity index (χ3v) is 8.75. The van der Waals surface area contributed by atoms with Crippen LogP contribution in [0.25, 0.3) is 0 Å². The van der Waals surface area contributed by atoms with Gasteiger partial charge < -0.3 is 13.9 Å². The second-order valence-electron chi connectivity index (χ2n) is 5.25. The third kappa shape index (κ3) is 7.00. The minimum absolute atomic E-state index is 0.175. The van der Waals surface area contributed by atoms with Gasteiger partial charge in [0.15, 0.2) is 0 Å². The van der Waals surface area contributed by atoms with Crippen molar-refractivity contribution in [2.75, 3.05) is 26.3 Å². The van der Waals surface area contributed by atoms with Crippen LogP contribution in [-0.4, -0.2) is 42.4 Å². The van der Waals surface area contributed by atoms with Gasteiger partial charge in [-0.3, -0.25) is 4.79 Å². The lowest BCUT2D eigenvalue weighted by Gasteiger charge is -2.30. The van der Waals surface area contributed by atoms with Gasteiger partial charge in [-0.05, 0) is 50.8 Å². The van der Waals surface area contributed by atoms with Gasteiger partial charge in [0, 0.05) is 13.1 Å². The first kappa shape index (κ1) is 19.4. The Morgan fingerprint density at radius 1 is 1.19 bits per heavy atom. The zero-order chi connectivity index (χ0) is 15.7. The Labute approximate surface area is 138 Å². The van der Waals surface area contributed by atoms with Crippen LogP contribution < -0.4 is 0 Å². The van der Waals surface area contributed by atoms with Gasteiger partial charge in [-0.25, -0.2) is 0 Å². The number of nitrogens with zero attached hydrogens (tertiary/aromatic N) is 1. The Kier molecular flexibility index (Phi) is 9.46. The van der Waals surface area contributed by atoms with Crippen LogP contribution >= 0.6 is 17.1 Å². The maximum atomic E-state index is 12.5. The average molecular weight is 353 g/mol. The molecule has 0 radical (unpaired) electrons. The van der Waals surface area contributed by atoms with Gasteiger partial charge in [-0.15, -0.1) is 0 Å². The minimum Gasteiger partial charge on any atom is -0.342 e. The Balaban J connectivity index is 2.58. The molecular formula is C14H28NO3PS2. The van der Waals surface area contributed by atoms with Crippen molar-refractivity contribution in [3.05, 3.63) is 0 Å². The molecule has 1 amide bonds. The van der Waals surface area contributed by atoms with Crippen molar-refractivity contribution in [2.45, 2.75) is 58.1 Å². The van der Waals surface area contributed by atoms with Crippen LogP contribution in [0.4, 0.5) is 0 Å². The van der Waals surface area contributed by atoms with Gasteiger partial charge in [0.1, 0.15) is 0 Å². The fourth-order valence-corrected chi connectivity index (χ4v) is 7.60. The number of rotatable bonds is 9. The highest BCUT2D eigenvalue weighted by Gasteiger charge is 2.30. The first-order valence-corrected chi connectivity index (χ1v) is 12.0. The van der Waals surface area contributed by atoms with Gasteiger partial charge in [-0.1, -0.05) is 25.2 Å². The third-order valence-electron chi connectivity index (χ3n) is 3.21. The van der Waals surface area contributed by atoms with Crippen molar-refractivity contribution < 1.29 is 13.8 Å². The highest BCUT2D eigenvalue weighted by atomic mass is 32.9. The van der Waals surface area contributed by atoms with Crippen LogP contribution in [-0.2, 0) is 25.6 Å². The summed E-state index contributed by atoms with van der Waals surface area (Å²) in [5.74, 6) is 0.175. The summed E-state index contributed by atoms with van der Waals surface area (Å²) in [6, 6.07) is 0. The zero-order valence-electron chi connectivity index (χ0n) is 13.4. The summed E-state index contributed by atoms with van der Waals surface area (Å²) < 4.78 is 11.6. The van der Waals surface area contributed by atoms with Crippen molar-refractivity contribution in [1.82, 2.24) is 4.90 Å². The van der Waals surface area contributed by atoms with Crippen molar-refractivity contribution in [1.29, 1.82) is 0 Å². The highest BCUT2D eigenvalue weighted by molar-refractivity contribution is 8.68. The molecule has 0 aromatic carbocycles. The molecule has 0 saturated carbocycles. The SMILES string of the molecule is CCCOP(=S)(OCCC)SC(C)C(=O)N1CCCCC1. The first-order chi connectivity index (χ1) is 10.0. The fraction of sp³-hybridized carbons (Fsp3) is 0.929. The number of hydrogen-bond donors (Lipinski definition) is 0. The molecule has 1 atom stereocenters. The van der Waals surface area contributed by atoms with Crippen LogP contribution in [0.3, 0.4) is 0 Å². The molecule has 7 heteroatoms. The molecule has 1 aliphatic rings. The van der Waals surface area contributed by atoms with Crippen molar-refractivity contribution in [2.24, 2.45) is 0 Å². The summed E-state index contributed by atoms with van der Waals surface area (Å²) in [5, 5.41) is -0.192. The molecule has 0 N–H and O–H groups in total. The van der Waals surface area contributed by atoms with Crippen LogP contribution in [0.1, 0.15) is 52.9 Å². The smallest absolute Gasteiger partial charge is 0.248 e. The monoisotopic (exact) mass is 353 g/mol. The normalized spacial score (nSPS) is 17.8. The lowest BCUT2D eigenvalue weighted by atomic mass is 10.1. The number of carbonyl (C=O) groups excluding carboxylic acids is 1. The Hall–Kier alpha value is 0.390. The van der Waals surface area contributed by atoms with E-state index in [0.717, 1.165) is 38.8 Å². The quantitative estimate of drug-likeness (QED) is 0.581. The molecule has 0 aromatic heterocycles. The molecule has 1 saturated heterocycles. The van der Waals surface area contributed by atoms with E-state index in [1.54, 1.807) is 0 Å². The molecule has 0 bridgehead atoms. The van der Waals surface area contributed by atoms with E-state index in [-0.39, 0.29) is 11.2 Å². The molecule has 21 heavy (non-hydrogen) atoms. The topological polar surface area (TPSA) is 38.8 Å². The van der Waals surface area contributed by atoms with E-state index in [2.05, 4.69) is 0 Å². The largest absolute Gasteiger partial charge is 0.342 e. The number of amides is 1. The van der Waals surface area contributed by atoms with Gasteiger partial charge in [-0.2, -0.15) is 0 Å². The molecular weight excluding hydrogens is 325 g/mol. The predicted molar refractivity (Wildman–Crippen MR) is 94.3 cm³/mol. The molecule has 1 rings (SSSR count). The molecule has 1 heterocycles. The molecule has 1 aliphatic heterocycles. The van der Waals surface area contributed by atoms with E-state index in [4.69, 9.17) is 20.9 Å². The van der Waals surface area contributed by atoms with E-state index in [0.29, 0.717) is 13.2 Å². The van der Waals surface area contributed by atoms with Crippen LogP contribution in [0.5, 0.6) is 0 Å². The summed E-state index contributed by atoms with van der Waals surface area (Å²) in [6.07, 6.45) is 5.25. The van der Waals surface area contributed by atoms with Crippen LogP contribution in [0, 0.1) is 0 Å². The van der Waals surface area contributed by atoms with Gasteiger partial charge >= 0.3 is 0 Å².